The summed E-state index contributed by atoms with van der Waals surface area (Å²) in [6.07, 6.45) is 1.25. The number of carbonyl (C=O) groups is 1. The van der Waals surface area contributed by atoms with Crippen LogP contribution in [-0.4, -0.2) is 21.5 Å². The van der Waals surface area contributed by atoms with Crippen molar-refractivity contribution >= 4 is 16.8 Å². The summed E-state index contributed by atoms with van der Waals surface area (Å²) in [6.45, 7) is 3.35. The van der Waals surface area contributed by atoms with Crippen molar-refractivity contribution in [2.45, 2.75) is 20.4 Å². The van der Waals surface area contributed by atoms with Gasteiger partial charge in [-0.05, 0) is 31.5 Å². The van der Waals surface area contributed by atoms with Gasteiger partial charge in [0.15, 0.2) is 5.78 Å². The molecule has 3 rings (SSSR count). The largest absolute Gasteiger partial charge is 0.492 e. The van der Waals surface area contributed by atoms with Gasteiger partial charge in [-0.2, -0.15) is 0 Å². The Bertz CT molecular complexity index is 1220. The summed E-state index contributed by atoms with van der Waals surface area (Å²) >= 11 is 0. The van der Waals surface area contributed by atoms with Crippen molar-refractivity contribution in [2.24, 2.45) is 7.05 Å². The molecule has 0 fully saturated rings. The van der Waals surface area contributed by atoms with Crippen LogP contribution in [-0.2, 0) is 13.6 Å². The van der Waals surface area contributed by atoms with Gasteiger partial charge < -0.3 is 9.15 Å². The lowest BCUT2D eigenvalue weighted by Crippen LogP contribution is -2.41. The highest BCUT2D eigenvalue weighted by molar-refractivity contribution is 5.93. The Labute approximate surface area is 153 Å². The van der Waals surface area contributed by atoms with Crippen molar-refractivity contribution in [3.05, 3.63) is 72.8 Å². The van der Waals surface area contributed by atoms with Crippen LogP contribution in [0.4, 0.5) is 0 Å². The number of fused-ring (bicyclic) bond motifs is 1. The molecule has 0 N–H and O–H groups in total. The molecule has 2 heterocycles. The second-order valence-electron chi connectivity index (χ2n) is 6.19. The third-order valence-electron chi connectivity index (χ3n) is 4.26. The molecule has 8 heteroatoms. The van der Waals surface area contributed by atoms with E-state index in [0.717, 1.165) is 15.5 Å². The number of benzene rings is 1. The molecule has 0 saturated carbocycles. The van der Waals surface area contributed by atoms with Gasteiger partial charge in [-0.3, -0.25) is 18.7 Å². The van der Waals surface area contributed by atoms with Gasteiger partial charge in [0.25, 0.3) is 5.56 Å². The molecule has 0 amide bonds. The van der Waals surface area contributed by atoms with Crippen molar-refractivity contribution < 1.29 is 13.9 Å². The number of rotatable bonds is 5. The monoisotopic (exact) mass is 370 g/mol. The molecular weight excluding hydrogens is 352 g/mol. The SMILES string of the molecule is CC(=O)c1cn(CCOc2ccc3c(C)cc(=O)oc3c2)c(=O)n(C)c1=O. The van der Waals surface area contributed by atoms with E-state index in [9.17, 15) is 19.2 Å². The predicted molar refractivity (Wildman–Crippen MR) is 98.7 cm³/mol. The Morgan fingerprint density at radius 1 is 1.19 bits per heavy atom. The molecule has 0 aliphatic carbocycles. The van der Waals surface area contributed by atoms with Crippen LogP contribution in [0.1, 0.15) is 22.8 Å². The molecule has 0 spiro atoms. The van der Waals surface area contributed by atoms with Crippen LogP contribution in [0.15, 0.2) is 49.3 Å². The average molecular weight is 370 g/mol. The third-order valence-corrected chi connectivity index (χ3v) is 4.26. The van der Waals surface area contributed by atoms with E-state index in [2.05, 4.69) is 0 Å². The fourth-order valence-corrected chi connectivity index (χ4v) is 2.79. The van der Waals surface area contributed by atoms with Crippen LogP contribution in [0.5, 0.6) is 5.75 Å². The highest BCUT2D eigenvalue weighted by Crippen LogP contribution is 2.22. The van der Waals surface area contributed by atoms with Gasteiger partial charge in [0.05, 0.1) is 12.1 Å². The van der Waals surface area contributed by atoms with E-state index in [1.165, 1.54) is 30.8 Å². The minimum Gasteiger partial charge on any atom is -0.492 e. The first-order valence-electron chi connectivity index (χ1n) is 8.26. The number of nitrogens with zero attached hydrogens (tertiary/aromatic N) is 2. The first-order chi connectivity index (χ1) is 12.8. The van der Waals surface area contributed by atoms with Gasteiger partial charge in [-0.25, -0.2) is 9.59 Å². The zero-order valence-electron chi connectivity index (χ0n) is 15.1. The van der Waals surface area contributed by atoms with Crippen molar-refractivity contribution in [1.29, 1.82) is 0 Å². The molecule has 2 aromatic heterocycles. The fourth-order valence-electron chi connectivity index (χ4n) is 2.79. The lowest BCUT2D eigenvalue weighted by molar-refractivity contribution is 0.101. The first-order valence-corrected chi connectivity index (χ1v) is 8.26. The molecule has 3 aromatic rings. The summed E-state index contributed by atoms with van der Waals surface area (Å²) in [5.41, 5.74) is -0.430. The molecule has 1 aromatic carbocycles. The number of aromatic nitrogens is 2. The van der Waals surface area contributed by atoms with Crippen LogP contribution in [0.3, 0.4) is 0 Å². The number of ketones is 1. The molecule has 0 bridgehead atoms. The van der Waals surface area contributed by atoms with Crippen LogP contribution in [0.25, 0.3) is 11.0 Å². The quantitative estimate of drug-likeness (QED) is 0.495. The first kappa shape index (κ1) is 18.4. The third kappa shape index (κ3) is 3.59. The van der Waals surface area contributed by atoms with Gasteiger partial charge in [-0.15, -0.1) is 0 Å². The fraction of sp³-hybridized carbons (Fsp3) is 0.263. The Hall–Kier alpha value is -3.42. The molecule has 8 nitrogen and oxygen atoms in total. The molecular formula is C19H18N2O6. The van der Waals surface area contributed by atoms with E-state index < -0.39 is 22.7 Å². The summed E-state index contributed by atoms with van der Waals surface area (Å²) < 4.78 is 12.9. The number of hydrogen-bond acceptors (Lipinski definition) is 6. The summed E-state index contributed by atoms with van der Waals surface area (Å²) in [4.78, 5) is 47.1. The number of ether oxygens (including phenoxy) is 1. The second kappa shape index (κ2) is 7.06. The predicted octanol–water partition coefficient (Wildman–Crippen LogP) is 1.24. The second-order valence-corrected chi connectivity index (χ2v) is 6.19. The maximum Gasteiger partial charge on any atom is 0.336 e. The standard InChI is InChI=1S/C19H18N2O6/c1-11-8-17(23)27-16-9-13(4-5-14(11)16)26-7-6-21-10-15(12(2)22)18(24)20(3)19(21)25/h4-5,8-10H,6-7H2,1-3H3. The molecule has 27 heavy (non-hydrogen) atoms. The average Bonchev–Trinajstić information content (AvgIpc) is 2.61. The Kier molecular flexibility index (Phi) is 4.81. The highest BCUT2D eigenvalue weighted by atomic mass is 16.5. The van der Waals surface area contributed by atoms with Crippen LogP contribution in [0, 0.1) is 6.92 Å². The molecule has 0 atom stereocenters. The van der Waals surface area contributed by atoms with E-state index in [1.54, 1.807) is 18.2 Å². The maximum absolute atomic E-state index is 12.2. The normalized spacial score (nSPS) is 10.9. The molecule has 0 aliphatic rings. The minimum atomic E-state index is -0.621. The van der Waals surface area contributed by atoms with Crippen LogP contribution < -0.4 is 21.6 Å². The van der Waals surface area contributed by atoms with Crippen molar-refractivity contribution in [3.8, 4) is 5.75 Å². The topological polar surface area (TPSA) is 101 Å². The Morgan fingerprint density at radius 2 is 1.93 bits per heavy atom. The molecule has 0 saturated heterocycles. The molecule has 140 valence electrons. The zero-order valence-corrected chi connectivity index (χ0v) is 15.1. The number of aryl methyl sites for hydroxylation is 1. The van der Waals surface area contributed by atoms with E-state index in [4.69, 9.17) is 9.15 Å². The maximum atomic E-state index is 12.2. The van der Waals surface area contributed by atoms with Crippen molar-refractivity contribution in [3.63, 3.8) is 0 Å². The molecule has 0 unspecified atom stereocenters. The van der Waals surface area contributed by atoms with Crippen molar-refractivity contribution in [1.82, 2.24) is 9.13 Å². The van der Waals surface area contributed by atoms with E-state index in [-0.39, 0.29) is 18.7 Å². The Morgan fingerprint density at radius 3 is 2.63 bits per heavy atom. The lowest BCUT2D eigenvalue weighted by Gasteiger charge is -2.11. The van der Waals surface area contributed by atoms with E-state index in [0.29, 0.717) is 11.3 Å². The smallest absolute Gasteiger partial charge is 0.336 e. The Balaban J connectivity index is 1.82. The van der Waals surface area contributed by atoms with Crippen LogP contribution >= 0.6 is 0 Å². The van der Waals surface area contributed by atoms with E-state index in [1.807, 2.05) is 6.92 Å². The molecule has 0 aliphatic heterocycles. The van der Waals surface area contributed by atoms with Crippen molar-refractivity contribution in [2.75, 3.05) is 6.61 Å². The summed E-state index contributed by atoms with van der Waals surface area (Å²) in [6, 6.07) is 6.55. The number of hydrogen-bond donors (Lipinski definition) is 0. The number of carbonyl (C=O) groups excluding carboxylic acids is 1. The highest BCUT2D eigenvalue weighted by Gasteiger charge is 2.12. The van der Waals surface area contributed by atoms with Gasteiger partial charge in [-0.1, -0.05) is 0 Å². The van der Waals surface area contributed by atoms with Gasteiger partial charge >= 0.3 is 11.3 Å². The van der Waals surface area contributed by atoms with Gasteiger partial charge in [0.1, 0.15) is 17.9 Å². The zero-order chi connectivity index (χ0) is 19.7. The van der Waals surface area contributed by atoms with Crippen LogP contribution in [0.2, 0.25) is 0 Å². The lowest BCUT2D eigenvalue weighted by atomic mass is 10.1. The van der Waals surface area contributed by atoms with Gasteiger partial charge in [0, 0.05) is 30.8 Å². The minimum absolute atomic E-state index is 0.0555. The summed E-state index contributed by atoms with van der Waals surface area (Å²) in [7, 11) is 1.32. The van der Waals surface area contributed by atoms with Gasteiger partial charge in [0.2, 0.25) is 0 Å². The van der Waals surface area contributed by atoms with E-state index >= 15 is 0 Å². The molecule has 0 radical (unpaired) electrons. The summed E-state index contributed by atoms with van der Waals surface area (Å²) in [5, 5.41) is 0.808. The summed E-state index contributed by atoms with van der Waals surface area (Å²) in [5.74, 6) is 0.0612. The number of Topliss-reactive ketones (excluding diaryl/α,β-unsaturated/α-hetero) is 1.